The Bertz CT molecular complexity index is 707. The van der Waals surface area contributed by atoms with E-state index in [1.165, 1.54) is 12.1 Å². The highest BCUT2D eigenvalue weighted by Gasteiger charge is 2.42. The lowest BCUT2D eigenvalue weighted by atomic mass is 9.74. The lowest BCUT2D eigenvalue weighted by Gasteiger charge is -2.39. The van der Waals surface area contributed by atoms with E-state index in [9.17, 15) is 23.1 Å². The number of furan rings is 1. The standard InChI is InChI=1S/C15H21NO6S/c1-15(8-4-3-5-11(15)14(18)19)16-13(17)12-7-6-10(22-12)9-23(2,20)21/h6-7,11H,3-5,8-9H2,1-2H3,(H,16,17)(H,18,19)/t11-,15-/m0/s1. The number of carboxylic acid groups (broad SMARTS) is 1. The van der Waals surface area contributed by atoms with Crippen LogP contribution in [-0.2, 0) is 20.4 Å². The Morgan fingerprint density at radius 1 is 1.39 bits per heavy atom. The van der Waals surface area contributed by atoms with Crippen LogP contribution in [0.4, 0.5) is 0 Å². The van der Waals surface area contributed by atoms with Crippen LogP contribution in [0.2, 0.25) is 0 Å². The number of sulfone groups is 1. The number of carbonyl (C=O) groups is 2. The highest BCUT2D eigenvalue weighted by Crippen LogP contribution is 2.34. The zero-order valence-corrected chi connectivity index (χ0v) is 14.0. The minimum atomic E-state index is -3.25. The van der Waals surface area contributed by atoms with Gasteiger partial charge >= 0.3 is 5.97 Å². The first-order chi connectivity index (χ1) is 10.6. The van der Waals surface area contributed by atoms with Gasteiger partial charge < -0.3 is 14.8 Å². The normalized spacial score (nSPS) is 25.0. The minimum Gasteiger partial charge on any atom is -0.481 e. The first kappa shape index (κ1) is 17.5. The maximum absolute atomic E-state index is 12.3. The molecule has 1 aromatic heterocycles. The molecule has 0 spiro atoms. The molecule has 0 bridgehead atoms. The molecule has 128 valence electrons. The molecular weight excluding hydrogens is 322 g/mol. The third kappa shape index (κ3) is 4.34. The van der Waals surface area contributed by atoms with Crippen LogP contribution in [0.25, 0.3) is 0 Å². The van der Waals surface area contributed by atoms with Crippen LogP contribution in [-0.4, -0.2) is 37.2 Å². The molecule has 7 nitrogen and oxygen atoms in total. The van der Waals surface area contributed by atoms with Gasteiger partial charge in [-0.25, -0.2) is 8.42 Å². The van der Waals surface area contributed by atoms with E-state index in [-0.39, 0.29) is 17.3 Å². The number of hydrogen-bond donors (Lipinski definition) is 2. The van der Waals surface area contributed by atoms with Crippen molar-refractivity contribution < 1.29 is 27.5 Å². The summed E-state index contributed by atoms with van der Waals surface area (Å²) in [6.07, 6.45) is 3.84. The van der Waals surface area contributed by atoms with E-state index in [0.29, 0.717) is 12.8 Å². The van der Waals surface area contributed by atoms with E-state index >= 15 is 0 Å². The number of aliphatic carboxylic acids is 1. The van der Waals surface area contributed by atoms with E-state index in [1.54, 1.807) is 6.92 Å². The molecule has 0 saturated heterocycles. The summed E-state index contributed by atoms with van der Waals surface area (Å²) in [5.74, 6) is -2.22. The average molecular weight is 343 g/mol. The highest BCUT2D eigenvalue weighted by atomic mass is 32.2. The van der Waals surface area contributed by atoms with Crippen molar-refractivity contribution in [2.24, 2.45) is 5.92 Å². The SMILES string of the molecule is C[C@]1(NC(=O)c2ccc(CS(C)(=O)=O)o2)CCCC[C@H]1C(=O)O. The van der Waals surface area contributed by atoms with Crippen LogP contribution in [0, 0.1) is 5.92 Å². The second-order valence-electron chi connectivity index (χ2n) is 6.34. The molecule has 2 N–H and O–H groups in total. The molecule has 1 heterocycles. The summed E-state index contributed by atoms with van der Waals surface area (Å²) in [7, 11) is -3.25. The van der Waals surface area contributed by atoms with Crippen molar-refractivity contribution in [2.45, 2.75) is 43.9 Å². The van der Waals surface area contributed by atoms with E-state index in [4.69, 9.17) is 4.42 Å². The molecule has 2 atom stereocenters. The monoisotopic (exact) mass is 343 g/mol. The molecule has 0 unspecified atom stereocenters. The van der Waals surface area contributed by atoms with Gasteiger partial charge in [0, 0.05) is 6.26 Å². The summed E-state index contributed by atoms with van der Waals surface area (Å²) < 4.78 is 27.7. The van der Waals surface area contributed by atoms with Crippen molar-refractivity contribution >= 4 is 21.7 Å². The van der Waals surface area contributed by atoms with E-state index < -0.39 is 33.2 Å². The van der Waals surface area contributed by atoms with Crippen molar-refractivity contribution in [1.82, 2.24) is 5.32 Å². The van der Waals surface area contributed by atoms with Gasteiger partial charge in [0.1, 0.15) is 11.5 Å². The van der Waals surface area contributed by atoms with Gasteiger partial charge in [0.15, 0.2) is 15.6 Å². The summed E-state index contributed by atoms with van der Waals surface area (Å²) in [5, 5.41) is 12.1. The van der Waals surface area contributed by atoms with Gasteiger partial charge in [0.05, 0.1) is 11.5 Å². The lowest BCUT2D eigenvalue weighted by molar-refractivity contribution is -0.145. The number of rotatable bonds is 5. The Morgan fingerprint density at radius 2 is 2.09 bits per heavy atom. The third-order valence-electron chi connectivity index (χ3n) is 4.20. The Labute approximate surface area is 135 Å². The Morgan fingerprint density at radius 3 is 2.70 bits per heavy atom. The molecule has 1 aliphatic carbocycles. The summed E-state index contributed by atoms with van der Waals surface area (Å²) in [6.45, 7) is 1.73. The molecular formula is C15H21NO6S. The topological polar surface area (TPSA) is 114 Å². The van der Waals surface area contributed by atoms with Crippen molar-refractivity contribution in [2.75, 3.05) is 6.26 Å². The Balaban J connectivity index is 2.13. The predicted octanol–water partition coefficient (Wildman–Crippen LogP) is 1.59. The summed E-state index contributed by atoms with van der Waals surface area (Å²) >= 11 is 0. The number of nitrogens with one attached hydrogen (secondary N) is 1. The van der Waals surface area contributed by atoms with Gasteiger partial charge in [0.25, 0.3) is 5.91 Å². The van der Waals surface area contributed by atoms with Gasteiger partial charge in [-0.15, -0.1) is 0 Å². The molecule has 1 fully saturated rings. The minimum absolute atomic E-state index is 0.0143. The molecule has 1 amide bonds. The number of hydrogen-bond acceptors (Lipinski definition) is 5. The molecule has 1 aromatic rings. The van der Waals surface area contributed by atoms with Crippen molar-refractivity contribution in [1.29, 1.82) is 0 Å². The van der Waals surface area contributed by atoms with Crippen molar-refractivity contribution in [3.05, 3.63) is 23.7 Å². The van der Waals surface area contributed by atoms with Crippen molar-refractivity contribution in [3.63, 3.8) is 0 Å². The van der Waals surface area contributed by atoms with Gasteiger partial charge in [0.2, 0.25) is 0 Å². The maximum atomic E-state index is 12.3. The Hall–Kier alpha value is -1.83. The van der Waals surface area contributed by atoms with Crippen LogP contribution in [0.15, 0.2) is 16.5 Å². The fraction of sp³-hybridized carbons (Fsp3) is 0.600. The van der Waals surface area contributed by atoms with Crippen LogP contribution >= 0.6 is 0 Å². The summed E-state index contributed by atoms with van der Waals surface area (Å²) in [6, 6.07) is 2.84. The lowest BCUT2D eigenvalue weighted by Crippen LogP contribution is -2.55. The number of amides is 1. The largest absolute Gasteiger partial charge is 0.481 e. The highest BCUT2D eigenvalue weighted by molar-refractivity contribution is 7.89. The first-order valence-electron chi connectivity index (χ1n) is 7.42. The van der Waals surface area contributed by atoms with Gasteiger partial charge in [-0.1, -0.05) is 12.8 Å². The van der Waals surface area contributed by atoms with Crippen molar-refractivity contribution in [3.8, 4) is 0 Å². The molecule has 8 heteroatoms. The number of carbonyl (C=O) groups excluding carboxylic acids is 1. The molecule has 1 aliphatic rings. The second kappa shape index (κ2) is 6.35. The maximum Gasteiger partial charge on any atom is 0.308 e. The number of carboxylic acids is 1. The fourth-order valence-corrected chi connectivity index (χ4v) is 3.71. The molecule has 2 rings (SSSR count). The van der Waals surface area contributed by atoms with Gasteiger partial charge in [-0.3, -0.25) is 9.59 Å². The van der Waals surface area contributed by atoms with E-state index in [2.05, 4.69) is 5.32 Å². The molecule has 1 saturated carbocycles. The zero-order chi connectivity index (χ0) is 17.3. The molecule has 0 aliphatic heterocycles. The van der Waals surface area contributed by atoms with Crippen LogP contribution in [0.5, 0.6) is 0 Å². The smallest absolute Gasteiger partial charge is 0.308 e. The predicted molar refractivity (Wildman–Crippen MR) is 82.7 cm³/mol. The Kier molecular flexibility index (Phi) is 4.84. The van der Waals surface area contributed by atoms with E-state index in [0.717, 1.165) is 19.1 Å². The van der Waals surface area contributed by atoms with Gasteiger partial charge in [-0.05, 0) is 31.9 Å². The van der Waals surface area contributed by atoms with Crippen LogP contribution < -0.4 is 5.32 Å². The third-order valence-corrected chi connectivity index (χ3v) is 5.00. The van der Waals surface area contributed by atoms with Gasteiger partial charge in [-0.2, -0.15) is 0 Å². The second-order valence-corrected chi connectivity index (χ2v) is 8.48. The quantitative estimate of drug-likeness (QED) is 0.839. The summed E-state index contributed by atoms with van der Waals surface area (Å²) in [5.41, 5.74) is -0.842. The summed E-state index contributed by atoms with van der Waals surface area (Å²) in [4.78, 5) is 23.7. The molecule has 0 aromatic carbocycles. The fourth-order valence-electron chi connectivity index (χ4n) is 3.04. The van der Waals surface area contributed by atoms with E-state index in [1.807, 2.05) is 0 Å². The average Bonchev–Trinajstić information content (AvgIpc) is 2.84. The van der Waals surface area contributed by atoms with Crippen LogP contribution in [0.3, 0.4) is 0 Å². The van der Waals surface area contributed by atoms with Crippen LogP contribution in [0.1, 0.15) is 48.9 Å². The first-order valence-corrected chi connectivity index (χ1v) is 9.48. The molecule has 23 heavy (non-hydrogen) atoms. The zero-order valence-electron chi connectivity index (χ0n) is 13.2. The molecule has 0 radical (unpaired) electrons.